The molecule has 2 N–H and O–H groups in total. The van der Waals surface area contributed by atoms with E-state index in [4.69, 9.17) is 28.3 Å². The minimum Gasteiger partial charge on any atom is -0.480 e. The molecular formula is C13H17Cl2N3O2. The van der Waals surface area contributed by atoms with Crippen LogP contribution in [0.3, 0.4) is 0 Å². The molecule has 20 heavy (non-hydrogen) atoms. The van der Waals surface area contributed by atoms with E-state index in [1.807, 2.05) is 11.8 Å². The molecule has 0 bridgehead atoms. The summed E-state index contributed by atoms with van der Waals surface area (Å²) < 4.78 is 0. The summed E-state index contributed by atoms with van der Waals surface area (Å²) in [7, 11) is 0. The van der Waals surface area contributed by atoms with Crippen LogP contribution in [0.4, 0.5) is 5.82 Å². The van der Waals surface area contributed by atoms with Crippen LogP contribution in [-0.4, -0.2) is 46.1 Å². The number of hydrogen-bond acceptors (Lipinski definition) is 4. The molecule has 5 nitrogen and oxygen atoms in total. The predicted molar refractivity (Wildman–Crippen MR) is 79.6 cm³/mol. The molecule has 0 aromatic carbocycles. The molecule has 1 aliphatic rings. The fourth-order valence-electron chi connectivity index (χ4n) is 2.39. The number of nitrogens with one attached hydrogen (secondary N) is 1. The van der Waals surface area contributed by atoms with E-state index in [2.05, 4.69) is 10.3 Å². The number of rotatable bonds is 6. The topological polar surface area (TPSA) is 65.5 Å². The number of pyridine rings is 1. The van der Waals surface area contributed by atoms with E-state index in [0.29, 0.717) is 21.9 Å². The van der Waals surface area contributed by atoms with Gasteiger partial charge in [-0.15, -0.1) is 0 Å². The molecule has 0 radical (unpaired) electrons. The molecule has 0 aliphatic heterocycles. The van der Waals surface area contributed by atoms with Gasteiger partial charge >= 0.3 is 5.97 Å². The van der Waals surface area contributed by atoms with Crippen LogP contribution in [0.5, 0.6) is 0 Å². The molecule has 0 unspecified atom stereocenters. The van der Waals surface area contributed by atoms with Crippen LogP contribution in [0, 0.1) is 0 Å². The van der Waals surface area contributed by atoms with Crippen LogP contribution in [0.2, 0.25) is 10.0 Å². The van der Waals surface area contributed by atoms with Gasteiger partial charge in [-0.3, -0.25) is 9.69 Å². The Morgan fingerprint density at radius 2 is 2.25 bits per heavy atom. The van der Waals surface area contributed by atoms with Crippen molar-refractivity contribution in [1.82, 2.24) is 9.88 Å². The molecule has 1 aromatic rings. The van der Waals surface area contributed by atoms with Crippen LogP contribution >= 0.6 is 23.2 Å². The van der Waals surface area contributed by atoms with Gasteiger partial charge < -0.3 is 10.4 Å². The highest BCUT2D eigenvalue weighted by Gasteiger charge is 2.34. The van der Waals surface area contributed by atoms with Gasteiger partial charge in [0.25, 0.3) is 0 Å². The number of carbonyl (C=O) groups is 1. The minimum absolute atomic E-state index is 0.0911. The number of likely N-dealkylation sites (N-methyl/N-ethyl adjacent to an activating group) is 1. The van der Waals surface area contributed by atoms with Gasteiger partial charge in [0.2, 0.25) is 0 Å². The second-order valence-corrected chi connectivity index (χ2v) is 5.75. The molecular weight excluding hydrogens is 301 g/mol. The molecule has 1 heterocycles. The highest BCUT2D eigenvalue weighted by molar-refractivity contribution is 6.35. The standard InChI is InChI=1S/C13H17Cl2N3O2/c1-2-18(7-12(19)20)10-4-9(5-10)17-13-11(15)3-8(14)6-16-13/h3,6,9-10H,2,4-5,7H2,1H3,(H,16,17)(H,19,20). The third-order valence-electron chi connectivity index (χ3n) is 3.52. The SMILES string of the molecule is CCN(CC(=O)O)C1CC(Nc2ncc(Cl)cc2Cl)C1. The van der Waals surface area contributed by atoms with Crippen molar-refractivity contribution in [2.45, 2.75) is 31.8 Å². The largest absolute Gasteiger partial charge is 0.480 e. The Hall–Kier alpha value is -1.04. The molecule has 2 rings (SSSR count). The Balaban J connectivity index is 1.85. The van der Waals surface area contributed by atoms with Crippen molar-refractivity contribution in [2.75, 3.05) is 18.4 Å². The maximum absolute atomic E-state index is 10.8. The summed E-state index contributed by atoms with van der Waals surface area (Å²) >= 11 is 11.8. The van der Waals surface area contributed by atoms with E-state index < -0.39 is 5.97 Å². The van der Waals surface area contributed by atoms with Gasteiger partial charge in [-0.25, -0.2) is 4.98 Å². The zero-order valence-electron chi connectivity index (χ0n) is 11.1. The van der Waals surface area contributed by atoms with Gasteiger partial charge in [0.1, 0.15) is 5.82 Å². The maximum Gasteiger partial charge on any atom is 0.317 e. The van der Waals surface area contributed by atoms with E-state index in [-0.39, 0.29) is 12.6 Å². The Morgan fingerprint density at radius 3 is 2.80 bits per heavy atom. The lowest BCUT2D eigenvalue weighted by Gasteiger charge is -2.42. The van der Waals surface area contributed by atoms with Gasteiger partial charge in [0.15, 0.2) is 0 Å². The van der Waals surface area contributed by atoms with Gasteiger partial charge in [-0.1, -0.05) is 30.1 Å². The van der Waals surface area contributed by atoms with Crippen LogP contribution in [0.25, 0.3) is 0 Å². The lowest BCUT2D eigenvalue weighted by Crippen LogP contribution is -2.51. The van der Waals surface area contributed by atoms with Gasteiger partial charge in [-0.2, -0.15) is 0 Å². The second kappa shape index (κ2) is 6.61. The molecule has 110 valence electrons. The second-order valence-electron chi connectivity index (χ2n) is 4.91. The van der Waals surface area contributed by atoms with Crippen molar-refractivity contribution < 1.29 is 9.90 Å². The monoisotopic (exact) mass is 317 g/mol. The first kappa shape index (κ1) is 15.4. The van der Waals surface area contributed by atoms with E-state index in [1.54, 1.807) is 12.3 Å². The first-order valence-corrected chi connectivity index (χ1v) is 7.28. The molecule has 0 amide bonds. The van der Waals surface area contributed by atoms with Gasteiger partial charge in [-0.05, 0) is 25.5 Å². The van der Waals surface area contributed by atoms with Crippen molar-refractivity contribution in [3.8, 4) is 0 Å². The fraction of sp³-hybridized carbons (Fsp3) is 0.538. The molecule has 1 aliphatic carbocycles. The fourth-order valence-corrected chi connectivity index (χ4v) is 2.83. The average molecular weight is 318 g/mol. The van der Waals surface area contributed by atoms with Gasteiger partial charge in [0.05, 0.1) is 16.6 Å². The highest BCUT2D eigenvalue weighted by atomic mass is 35.5. The van der Waals surface area contributed by atoms with Crippen molar-refractivity contribution in [3.63, 3.8) is 0 Å². The normalized spacial score (nSPS) is 21.6. The van der Waals surface area contributed by atoms with Crippen LogP contribution in [0.1, 0.15) is 19.8 Å². The zero-order chi connectivity index (χ0) is 14.7. The number of aliphatic carboxylic acids is 1. The average Bonchev–Trinajstić information content (AvgIpc) is 2.33. The van der Waals surface area contributed by atoms with Crippen molar-refractivity contribution in [2.24, 2.45) is 0 Å². The summed E-state index contributed by atoms with van der Waals surface area (Å²) in [6.45, 7) is 2.80. The number of carboxylic acid groups (broad SMARTS) is 1. The summed E-state index contributed by atoms with van der Waals surface area (Å²) in [6, 6.07) is 2.23. The number of carboxylic acids is 1. The molecule has 1 fully saturated rings. The highest BCUT2D eigenvalue weighted by Crippen LogP contribution is 2.31. The Bertz CT molecular complexity index is 493. The first-order chi connectivity index (χ1) is 9.49. The Kier molecular flexibility index (Phi) is 5.07. The quantitative estimate of drug-likeness (QED) is 0.844. The molecule has 0 saturated heterocycles. The molecule has 0 spiro atoms. The lowest BCUT2D eigenvalue weighted by atomic mass is 9.85. The molecule has 7 heteroatoms. The molecule has 1 saturated carbocycles. The Labute approximate surface area is 127 Å². The Morgan fingerprint density at radius 1 is 1.55 bits per heavy atom. The first-order valence-electron chi connectivity index (χ1n) is 6.53. The smallest absolute Gasteiger partial charge is 0.317 e. The third kappa shape index (κ3) is 3.75. The van der Waals surface area contributed by atoms with E-state index >= 15 is 0 Å². The number of nitrogens with zero attached hydrogens (tertiary/aromatic N) is 2. The number of anilines is 1. The summed E-state index contributed by atoms with van der Waals surface area (Å²) in [4.78, 5) is 16.9. The number of aromatic nitrogens is 1. The zero-order valence-corrected chi connectivity index (χ0v) is 12.7. The van der Waals surface area contributed by atoms with Crippen molar-refractivity contribution in [3.05, 3.63) is 22.3 Å². The number of halogens is 2. The number of hydrogen-bond donors (Lipinski definition) is 2. The van der Waals surface area contributed by atoms with Crippen molar-refractivity contribution in [1.29, 1.82) is 0 Å². The summed E-state index contributed by atoms with van der Waals surface area (Å²) in [6.07, 6.45) is 3.33. The summed E-state index contributed by atoms with van der Waals surface area (Å²) in [5.41, 5.74) is 0. The summed E-state index contributed by atoms with van der Waals surface area (Å²) in [5.74, 6) is -0.161. The minimum atomic E-state index is -0.786. The van der Waals surface area contributed by atoms with E-state index in [9.17, 15) is 4.79 Å². The molecule has 1 aromatic heterocycles. The van der Waals surface area contributed by atoms with Gasteiger partial charge in [0, 0.05) is 18.3 Å². The predicted octanol–water partition coefficient (Wildman–Crippen LogP) is 2.74. The van der Waals surface area contributed by atoms with E-state index in [0.717, 1.165) is 19.4 Å². The third-order valence-corrected chi connectivity index (χ3v) is 4.02. The van der Waals surface area contributed by atoms with Crippen LogP contribution in [-0.2, 0) is 4.79 Å². The van der Waals surface area contributed by atoms with E-state index in [1.165, 1.54) is 0 Å². The maximum atomic E-state index is 10.8. The molecule has 0 atom stereocenters. The van der Waals surface area contributed by atoms with Crippen molar-refractivity contribution >= 4 is 35.0 Å². The lowest BCUT2D eigenvalue weighted by molar-refractivity contribution is -0.139. The van der Waals surface area contributed by atoms with Crippen LogP contribution in [0.15, 0.2) is 12.3 Å². The summed E-state index contributed by atoms with van der Waals surface area (Å²) in [5, 5.41) is 13.1. The van der Waals surface area contributed by atoms with Crippen LogP contribution < -0.4 is 5.32 Å².